The molecule has 1 N–H and O–H groups in total. The fraction of sp³-hybridized carbons (Fsp3) is 0.750. The van der Waals surface area contributed by atoms with E-state index in [4.69, 9.17) is 0 Å². The number of aromatic nitrogens is 2. The number of aryl methyl sites for hydroxylation is 1. The molecule has 0 aromatic carbocycles. The Kier molecular flexibility index (Phi) is 2.19. The van der Waals surface area contributed by atoms with E-state index in [1.807, 2.05) is 6.92 Å². The minimum atomic E-state index is -0.960. The number of rotatable bonds is 4. The molecule has 0 atom stereocenters. The van der Waals surface area contributed by atoms with Crippen molar-refractivity contribution < 1.29 is 4.39 Å². The van der Waals surface area contributed by atoms with Crippen LogP contribution in [0.15, 0.2) is 0 Å². The lowest BCUT2D eigenvalue weighted by Gasteiger charge is -2.03. The number of hydrogen-bond donors (Lipinski definition) is 1. The van der Waals surface area contributed by atoms with E-state index in [0.29, 0.717) is 19.4 Å². The monoisotopic (exact) mass is 201 g/mol. The Labute approximate surface area is 80.4 Å². The van der Waals surface area contributed by atoms with E-state index in [1.54, 1.807) is 0 Å². The summed E-state index contributed by atoms with van der Waals surface area (Å²) in [5.41, 5.74) is -0.960. The summed E-state index contributed by atoms with van der Waals surface area (Å²) in [6.07, 6.45) is 2.25. The maximum atomic E-state index is 13.2. The molecule has 1 heterocycles. The van der Waals surface area contributed by atoms with Crippen molar-refractivity contribution in [1.29, 1.82) is 0 Å². The lowest BCUT2D eigenvalue weighted by Crippen LogP contribution is -2.15. The molecule has 0 saturated heterocycles. The van der Waals surface area contributed by atoms with Gasteiger partial charge in [0.05, 0.1) is 6.54 Å². The van der Waals surface area contributed by atoms with Crippen LogP contribution in [0, 0.1) is 0 Å². The summed E-state index contributed by atoms with van der Waals surface area (Å²) in [6.45, 7) is 2.41. The molecule has 0 radical (unpaired) electrons. The van der Waals surface area contributed by atoms with Crippen molar-refractivity contribution in [2.24, 2.45) is 0 Å². The van der Waals surface area contributed by atoms with Crippen LogP contribution >= 0.6 is 11.3 Å². The number of nitrogens with zero attached hydrogens (tertiary/aromatic N) is 2. The van der Waals surface area contributed by atoms with E-state index < -0.39 is 5.67 Å². The molecule has 1 fully saturated rings. The highest BCUT2D eigenvalue weighted by molar-refractivity contribution is 7.15. The Hall–Kier alpha value is -0.710. The molecule has 0 aliphatic heterocycles. The van der Waals surface area contributed by atoms with Gasteiger partial charge in [0.15, 0.2) is 0 Å². The standard InChI is InChI=1S/C8H12FN3S/c1-2-6-11-12-7(13-6)10-5-8(9)3-4-8/h2-5H2,1H3,(H,10,12). The predicted molar refractivity (Wildman–Crippen MR) is 50.8 cm³/mol. The zero-order valence-corrected chi connectivity index (χ0v) is 8.33. The number of anilines is 1. The maximum absolute atomic E-state index is 13.2. The Morgan fingerprint density at radius 3 is 2.85 bits per heavy atom. The van der Waals surface area contributed by atoms with Crippen molar-refractivity contribution in [3.8, 4) is 0 Å². The third kappa shape index (κ3) is 2.15. The van der Waals surface area contributed by atoms with Gasteiger partial charge in [0, 0.05) is 0 Å². The van der Waals surface area contributed by atoms with Crippen LogP contribution in [-0.2, 0) is 6.42 Å². The zero-order valence-electron chi connectivity index (χ0n) is 7.51. The molecule has 1 aliphatic carbocycles. The van der Waals surface area contributed by atoms with Crippen LogP contribution in [0.5, 0.6) is 0 Å². The second-order valence-corrected chi connectivity index (χ2v) is 4.42. The Morgan fingerprint density at radius 2 is 2.31 bits per heavy atom. The lowest BCUT2D eigenvalue weighted by atomic mass is 10.4. The lowest BCUT2D eigenvalue weighted by molar-refractivity contribution is 0.326. The van der Waals surface area contributed by atoms with Crippen molar-refractivity contribution >= 4 is 16.5 Å². The molecule has 1 aliphatic rings. The minimum absolute atomic E-state index is 0.380. The summed E-state index contributed by atoms with van der Waals surface area (Å²) in [5.74, 6) is 0. The molecule has 1 saturated carbocycles. The fourth-order valence-corrected chi connectivity index (χ4v) is 1.69. The molecule has 0 amide bonds. The van der Waals surface area contributed by atoms with Crippen LogP contribution < -0.4 is 5.32 Å². The molecule has 1 aromatic rings. The van der Waals surface area contributed by atoms with E-state index in [2.05, 4.69) is 15.5 Å². The van der Waals surface area contributed by atoms with Crippen molar-refractivity contribution in [3.63, 3.8) is 0 Å². The number of hydrogen-bond acceptors (Lipinski definition) is 4. The van der Waals surface area contributed by atoms with Crippen LogP contribution in [0.4, 0.5) is 9.52 Å². The fourth-order valence-electron chi connectivity index (χ4n) is 1.01. The van der Waals surface area contributed by atoms with Gasteiger partial charge in [0.2, 0.25) is 5.13 Å². The summed E-state index contributed by atoms with van der Waals surface area (Å²) in [5, 5.41) is 12.5. The third-order valence-corrected chi connectivity index (χ3v) is 3.14. The minimum Gasteiger partial charge on any atom is -0.357 e. The topological polar surface area (TPSA) is 37.8 Å². The Balaban J connectivity index is 1.87. The van der Waals surface area contributed by atoms with E-state index in [0.717, 1.165) is 16.6 Å². The van der Waals surface area contributed by atoms with Gasteiger partial charge >= 0.3 is 0 Å². The number of nitrogens with one attached hydrogen (secondary N) is 1. The highest BCUT2D eigenvalue weighted by Gasteiger charge is 2.42. The van der Waals surface area contributed by atoms with Crippen LogP contribution in [0.3, 0.4) is 0 Å². The summed E-state index contributed by atoms with van der Waals surface area (Å²) in [7, 11) is 0. The quantitative estimate of drug-likeness (QED) is 0.809. The van der Waals surface area contributed by atoms with Gasteiger partial charge in [0.25, 0.3) is 0 Å². The first kappa shape index (κ1) is 8.87. The van der Waals surface area contributed by atoms with E-state index >= 15 is 0 Å². The predicted octanol–water partition coefficient (Wildman–Crippen LogP) is 2.01. The normalized spacial score (nSPS) is 18.6. The van der Waals surface area contributed by atoms with Crippen LogP contribution in [0.2, 0.25) is 0 Å². The molecule has 72 valence electrons. The van der Waals surface area contributed by atoms with Gasteiger partial charge in [0.1, 0.15) is 10.7 Å². The molecule has 0 spiro atoms. The summed E-state index contributed by atoms with van der Waals surface area (Å²) in [6, 6.07) is 0. The van der Waals surface area contributed by atoms with Crippen molar-refractivity contribution in [2.75, 3.05) is 11.9 Å². The summed E-state index contributed by atoms with van der Waals surface area (Å²) < 4.78 is 13.2. The number of alkyl halides is 1. The van der Waals surface area contributed by atoms with Crippen LogP contribution in [0.1, 0.15) is 24.8 Å². The molecule has 1 aromatic heterocycles. The summed E-state index contributed by atoms with van der Waals surface area (Å²) in [4.78, 5) is 0. The molecule has 0 unspecified atom stereocenters. The smallest absolute Gasteiger partial charge is 0.205 e. The SMILES string of the molecule is CCc1nnc(NCC2(F)CC2)s1. The van der Waals surface area contributed by atoms with Crippen LogP contribution in [0.25, 0.3) is 0 Å². The average molecular weight is 201 g/mol. The van der Waals surface area contributed by atoms with Gasteiger partial charge in [-0.3, -0.25) is 0 Å². The molecule has 0 bridgehead atoms. The zero-order chi connectivity index (χ0) is 9.31. The molecular formula is C8H12FN3S. The first-order valence-corrected chi connectivity index (χ1v) is 5.29. The van der Waals surface area contributed by atoms with E-state index in [1.165, 1.54) is 11.3 Å². The van der Waals surface area contributed by atoms with Gasteiger partial charge in [-0.25, -0.2) is 4.39 Å². The molecular weight excluding hydrogens is 189 g/mol. The first-order valence-electron chi connectivity index (χ1n) is 4.47. The highest BCUT2D eigenvalue weighted by atomic mass is 32.1. The Morgan fingerprint density at radius 1 is 1.54 bits per heavy atom. The molecule has 2 rings (SSSR count). The molecule has 5 heteroatoms. The van der Waals surface area contributed by atoms with Gasteiger partial charge in [-0.1, -0.05) is 18.3 Å². The van der Waals surface area contributed by atoms with Crippen molar-refractivity contribution in [2.45, 2.75) is 31.9 Å². The third-order valence-electron chi connectivity index (χ3n) is 2.12. The van der Waals surface area contributed by atoms with Gasteiger partial charge in [-0.15, -0.1) is 10.2 Å². The second kappa shape index (κ2) is 3.21. The highest BCUT2D eigenvalue weighted by Crippen LogP contribution is 2.39. The van der Waals surface area contributed by atoms with Crippen molar-refractivity contribution in [1.82, 2.24) is 10.2 Å². The van der Waals surface area contributed by atoms with Gasteiger partial charge in [-0.2, -0.15) is 0 Å². The molecule has 3 nitrogen and oxygen atoms in total. The van der Waals surface area contributed by atoms with E-state index in [-0.39, 0.29) is 0 Å². The number of halogens is 1. The largest absolute Gasteiger partial charge is 0.357 e. The molecule has 13 heavy (non-hydrogen) atoms. The Bertz CT molecular complexity index is 295. The van der Waals surface area contributed by atoms with Crippen molar-refractivity contribution in [3.05, 3.63) is 5.01 Å². The maximum Gasteiger partial charge on any atom is 0.205 e. The summed E-state index contributed by atoms with van der Waals surface area (Å²) >= 11 is 1.50. The second-order valence-electron chi connectivity index (χ2n) is 3.36. The average Bonchev–Trinajstić information content (AvgIpc) is 2.69. The van der Waals surface area contributed by atoms with Gasteiger partial charge in [-0.05, 0) is 19.3 Å². The van der Waals surface area contributed by atoms with E-state index in [9.17, 15) is 4.39 Å². The van der Waals surface area contributed by atoms with Gasteiger partial charge < -0.3 is 5.32 Å². The first-order chi connectivity index (χ1) is 6.22. The van der Waals surface area contributed by atoms with Crippen LogP contribution in [-0.4, -0.2) is 22.4 Å².